The van der Waals surface area contributed by atoms with E-state index in [9.17, 15) is 4.57 Å². The number of benzene rings is 1. The highest BCUT2D eigenvalue weighted by atomic mass is 79.9. The Morgan fingerprint density at radius 1 is 1.21 bits per heavy atom. The zero-order chi connectivity index (χ0) is 10.4. The Bertz CT molecular complexity index is 315. The van der Waals surface area contributed by atoms with Gasteiger partial charge >= 0.3 is 0 Å². The first-order valence-corrected chi connectivity index (χ1v) is 8.49. The first kappa shape index (κ1) is 12.3. The van der Waals surface area contributed by atoms with E-state index in [2.05, 4.69) is 15.9 Å². The molecule has 14 heavy (non-hydrogen) atoms. The van der Waals surface area contributed by atoms with Crippen LogP contribution in [0.3, 0.4) is 0 Å². The van der Waals surface area contributed by atoms with Crippen molar-refractivity contribution in [1.29, 1.82) is 0 Å². The quantitative estimate of drug-likeness (QED) is 0.456. The van der Waals surface area contributed by atoms with E-state index < -0.39 is 6.49 Å². The van der Waals surface area contributed by atoms with Crippen LogP contribution in [0.1, 0.15) is 12.8 Å². The van der Waals surface area contributed by atoms with Gasteiger partial charge in [-0.3, -0.25) is 0 Å². The second kappa shape index (κ2) is 5.95. The fourth-order valence-electron chi connectivity index (χ4n) is 1.19. The van der Waals surface area contributed by atoms with Gasteiger partial charge in [0.2, 0.25) is 0 Å². The Morgan fingerprint density at radius 3 is 2.43 bits per heavy atom. The monoisotopic (exact) mass is 294 g/mol. The minimum atomic E-state index is -2.62. The Balaban J connectivity index is 2.62. The second-order valence-electron chi connectivity index (χ2n) is 3.11. The molecule has 1 nitrogen and oxygen atoms in total. The van der Waals surface area contributed by atoms with Crippen LogP contribution >= 0.6 is 33.7 Å². The molecule has 0 heterocycles. The molecule has 0 amide bonds. The average molecular weight is 296 g/mol. The topological polar surface area (TPSA) is 17.1 Å². The summed E-state index contributed by atoms with van der Waals surface area (Å²) in [6.07, 6.45) is 2.51. The fourth-order valence-corrected chi connectivity index (χ4v) is 3.79. The van der Waals surface area contributed by atoms with Crippen LogP contribution < -0.4 is 5.30 Å². The third-order valence-corrected chi connectivity index (χ3v) is 5.59. The minimum absolute atomic E-state index is 0.587. The molecule has 0 fully saturated rings. The van der Waals surface area contributed by atoms with Crippen LogP contribution in [-0.2, 0) is 4.57 Å². The van der Waals surface area contributed by atoms with E-state index in [-0.39, 0.29) is 0 Å². The number of hydrogen-bond donors (Lipinski definition) is 0. The maximum Gasteiger partial charge on any atom is 0.197 e. The molecule has 0 aliphatic carbocycles. The summed E-state index contributed by atoms with van der Waals surface area (Å²) in [6, 6.07) is 9.31. The number of rotatable bonds is 5. The minimum Gasteiger partial charge on any atom is -0.302 e. The van der Waals surface area contributed by atoms with Crippen LogP contribution in [0.2, 0.25) is 0 Å². The van der Waals surface area contributed by atoms with E-state index in [1.807, 2.05) is 30.3 Å². The van der Waals surface area contributed by atoms with Crippen molar-refractivity contribution in [3.05, 3.63) is 30.3 Å². The van der Waals surface area contributed by atoms with Crippen molar-refractivity contribution in [1.82, 2.24) is 0 Å². The molecule has 0 spiro atoms. The van der Waals surface area contributed by atoms with Crippen molar-refractivity contribution >= 4 is 39.0 Å². The molecule has 0 aliphatic rings. The van der Waals surface area contributed by atoms with Gasteiger partial charge in [0, 0.05) is 16.8 Å². The van der Waals surface area contributed by atoms with Crippen molar-refractivity contribution in [2.24, 2.45) is 0 Å². The summed E-state index contributed by atoms with van der Waals surface area (Å²) in [5.74, 6) is 0. The second-order valence-corrected chi connectivity index (χ2v) is 7.80. The standard InChI is InChI=1S/C10H13BrClOP/c11-8-4-5-9-14(12,13)10-6-2-1-3-7-10/h1-3,6-7H,4-5,8-9H2. The number of unbranched alkanes of at least 4 members (excludes halogenated alkanes) is 1. The molecular weight excluding hydrogens is 282 g/mol. The Hall–Kier alpha value is 0.220. The first-order chi connectivity index (χ1) is 6.67. The van der Waals surface area contributed by atoms with Gasteiger partial charge in [-0.15, -0.1) is 0 Å². The summed E-state index contributed by atoms with van der Waals surface area (Å²) in [6.45, 7) is -2.62. The van der Waals surface area contributed by atoms with Gasteiger partial charge in [0.25, 0.3) is 0 Å². The van der Waals surface area contributed by atoms with Crippen molar-refractivity contribution in [2.45, 2.75) is 12.8 Å². The molecule has 1 aromatic carbocycles. The molecule has 1 aromatic rings. The van der Waals surface area contributed by atoms with E-state index in [1.165, 1.54) is 0 Å². The maximum absolute atomic E-state index is 12.0. The number of alkyl halides is 1. The molecule has 1 unspecified atom stereocenters. The van der Waals surface area contributed by atoms with Crippen molar-refractivity contribution in [3.63, 3.8) is 0 Å². The summed E-state index contributed by atoms with van der Waals surface area (Å²) < 4.78 is 12.0. The molecule has 0 radical (unpaired) electrons. The zero-order valence-electron chi connectivity index (χ0n) is 7.83. The van der Waals surface area contributed by atoms with E-state index in [4.69, 9.17) is 11.2 Å². The van der Waals surface area contributed by atoms with Crippen molar-refractivity contribution < 1.29 is 4.57 Å². The van der Waals surface area contributed by atoms with E-state index in [0.717, 1.165) is 23.5 Å². The lowest BCUT2D eigenvalue weighted by Gasteiger charge is -2.09. The summed E-state index contributed by atoms with van der Waals surface area (Å²) in [7, 11) is 0. The van der Waals surface area contributed by atoms with Crippen molar-refractivity contribution in [2.75, 3.05) is 11.5 Å². The van der Waals surface area contributed by atoms with Crippen LogP contribution in [0, 0.1) is 0 Å². The zero-order valence-corrected chi connectivity index (χ0v) is 11.1. The highest BCUT2D eigenvalue weighted by molar-refractivity contribution is 9.09. The SMILES string of the molecule is O=P(Cl)(CCCCBr)c1ccccc1. The summed E-state index contributed by atoms with van der Waals surface area (Å²) in [5, 5.41) is 1.72. The van der Waals surface area contributed by atoms with Crippen LogP contribution in [0.25, 0.3) is 0 Å². The molecule has 0 saturated heterocycles. The predicted molar refractivity (Wildman–Crippen MR) is 67.4 cm³/mol. The Morgan fingerprint density at radius 2 is 1.86 bits per heavy atom. The van der Waals surface area contributed by atoms with Gasteiger partial charge in [-0.25, -0.2) is 0 Å². The predicted octanol–water partition coefficient (Wildman–Crippen LogP) is 4.00. The van der Waals surface area contributed by atoms with Gasteiger partial charge in [-0.05, 0) is 24.1 Å². The third kappa shape index (κ3) is 3.76. The van der Waals surface area contributed by atoms with Gasteiger partial charge in [0.15, 0.2) is 6.49 Å². The molecule has 0 aliphatic heterocycles. The van der Waals surface area contributed by atoms with Gasteiger partial charge < -0.3 is 4.57 Å². The van der Waals surface area contributed by atoms with Crippen molar-refractivity contribution in [3.8, 4) is 0 Å². The third-order valence-electron chi connectivity index (χ3n) is 1.97. The molecular formula is C10H13BrClOP. The first-order valence-electron chi connectivity index (χ1n) is 4.57. The van der Waals surface area contributed by atoms with Crippen LogP contribution in [-0.4, -0.2) is 11.5 Å². The fraction of sp³-hybridized carbons (Fsp3) is 0.400. The molecule has 0 saturated carbocycles. The van der Waals surface area contributed by atoms with Crippen LogP contribution in [0.5, 0.6) is 0 Å². The molecule has 1 atom stereocenters. The molecule has 1 rings (SSSR count). The molecule has 0 N–H and O–H groups in total. The molecule has 4 heteroatoms. The Kier molecular flexibility index (Phi) is 5.22. The number of hydrogen-bond acceptors (Lipinski definition) is 1. The normalized spacial score (nSPS) is 15.0. The average Bonchev–Trinajstić information content (AvgIpc) is 2.19. The van der Waals surface area contributed by atoms with Gasteiger partial charge in [-0.1, -0.05) is 46.3 Å². The molecule has 78 valence electrons. The maximum atomic E-state index is 12.0. The smallest absolute Gasteiger partial charge is 0.197 e. The molecule has 0 bridgehead atoms. The largest absolute Gasteiger partial charge is 0.302 e. The number of halogens is 2. The van der Waals surface area contributed by atoms with Gasteiger partial charge in [0.1, 0.15) is 0 Å². The van der Waals surface area contributed by atoms with Gasteiger partial charge in [0.05, 0.1) is 0 Å². The lowest BCUT2D eigenvalue weighted by molar-refractivity contribution is 0.588. The highest BCUT2D eigenvalue weighted by Gasteiger charge is 2.19. The Labute approximate surface area is 98.1 Å². The highest BCUT2D eigenvalue weighted by Crippen LogP contribution is 2.50. The van der Waals surface area contributed by atoms with Crippen LogP contribution in [0.15, 0.2) is 30.3 Å². The van der Waals surface area contributed by atoms with Crippen LogP contribution in [0.4, 0.5) is 0 Å². The van der Waals surface area contributed by atoms with Gasteiger partial charge in [-0.2, -0.15) is 0 Å². The lowest BCUT2D eigenvalue weighted by atomic mass is 10.4. The summed E-state index contributed by atoms with van der Waals surface area (Å²) in [4.78, 5) is 0. The van der Waals surface area contributed by atoms with E-state index in [0.29, 0.717) is 6.16 Å². The summed E-state index contributed by atoms with van der Waals surface area (Å²) >= 11 is 9.38. The summed E-state index contributed by atoms with van der Waals surface area (Å²) in [5.41, 5.74) is 0. The van der Waals surface area contributed by atoms with E-state index >= 15 is 0 Å². The molecule has 0 aromatic heterocycles. The lowest BCUT2D eigenvalue weighted by Crippen LogP contribution is -2.02. The van der Waals surface area contributed by atoms with E-state index in [1.54, 1.807) is 0 Å².